The highest BCUT2D eigenvalue weighted by atomic mass is 16.6. The van der Waals surface area contributed by atoms with E-state index in [0.717, 1.165) is 6.92 Å². The lowest BCUT2D eigenvalue weighted by Gasteiger charge is -2.67. The molecule has 6 rings (SSSR count). The summed E-state index contributed by atoms with van der Waals surface area (Å²) in [5.41, 5.74) is -6.09. The third kappa shape index (κ3) is 5.86. The molecule has 0 radical (unpaired) electrons. The molecule has 12 nitrogen and oxygen atoms in total. The number of ketones is 1. The van der Waals surface area contributed by atoms with Crippen molar-refractivity contribution in [1.29, 1.82) is 0 Å². The molecule has 3 fully saturated rings. The number of esters is 4. The lowest BCUT2D eigenvalue weighted by atomic mass is 9.44. The molecule has 12 heteroatoms. The fourth-order valence-electron chi connectivity index (χ4n) is 8.96. The van der Waals surface area contributed by atoms with Crippen LogP contribution in [0.15, 0.2) is 77.9 Å². The van der Waals surface area contributed by atoms with Gasteiger partial charge in [-0.05, 0) is 48.8 Å². The van der Waals surface area contributed by atoms with Gasteiger partial charge in [0.25, 0.3) is 0 Å². The number of aliphatic hydroxyl groups is 2. The van der Waals surface area contributed by atoms with Gasteiger partial charge in [-0.15, -0.1) is 0 Å². The van der Waals surface area contributed by atoms with E-state index < -0.39 is 88.1 Å². The van der Waals surface area contributed by atoms with Crippen molar-refractivity contribution in [2.24, 2.45) is 16.7 Å². The van der Waals surface area contributed by atoms with E-state index in [1.165, 1.54) is 32.1 Å². The Morgan fingerprint density at radius 3 is 2.12 bits per heavy atom. The molecule has 2 saturated carbocycles. The molecule has 2 aromatic rings. The third-order valence-electron chi connectivity index (χ3n) is 11.6. The van der Waals surface area contributed by atoms with Crippen LogP contribution < -0.4 is 0 Å². The normalized spacial score (nSPS) is 34.8. The van der Waals surface area contributed by atoms with Crippen LogP contribution in [0.25, 0.3) is 6.08 Å². The first-order chi connectivity index (χ1) is 24.5. The number of rotatable bonds is 7. The topological polar surface area (TPSA) is 172 Å². The van der Waals surface area contributed by atoms with Gasteiger partial charge < -0.3 is 33.9 Å². The van der Waals surface area contributed by atoms with Gasteiger partial charge in [-0.2, -0.15) is 0 Å². The number of hydrogen-bond acceptors (Lipinski definition) is 12. The van der Waals surface area contributed by atoms with Crippen LogP contribution in [0.2, 0.25) is 0 Å². The fraction of sp³-hybridized carbons (Fsp3) is 0.475. The molecular weight excluding hydrogens is 672 g/mol. The van der Waals surface area contributed by atoms with Crippen molar-refractivity contribution in [2.75, 3.05) is 6.61 Å². The minimum Gasteiger partial charge on any atom is -0.458 e. The largest absolute Gasteiger partial charge is 0.458 e. The van der Waals surface area contributed by atoms with Crippen molar-refractivity contribution >= 4 is 35.7 Å². The summed E-state index contributed by atoms with van der Waals surface area (Å²) >= 11 is 0. The lowest BCUT2D eigenvalue weighted by Crippen LogP contribution is -2.82. The molecule has 2 bridgehead atoms. The van der Waals surface area contributed by atoms with Gasteiger partial charge in [0.05, 0.1) is 29.6 Å². The number of benzene rings is 2. The van der Waals surface area contributed by atoms with Crippen LogP contribution in [-0.2, 0) is 42.9 Å². The molecule has 1 heterocycles. The van der Waals surface area contributed by atoms with Gasteiger partial charge in [-0.3, -0.25) is 14.4 Å². The maximum absolute atomic E-state index is 15.5. The number of carbonyl (C=O) groups excluding carboxylic acids is 5. The van der Waals surface area contributed by atoms with Gasteiger partial charge >= 0.3 is 23.9 Å². The summed E-state index contributed by atoms with van der Waals surface area (Å²) < 4.78 is 30.3. The average Bonchev–Trinajstić information content (AvgIpc) is 3.09. The zero-order valence-corrected chi connectivity index (χ0v) is 30.0. The molecule has 0 aromatic heterocycles. The monoisotopic (exact) mass is 716 g/mol. The van der Waals surface area contributed by atoms with E-state index in [0.29, 0.717) is 11.1 Å². The molecular formula is C40H44O12. The first-order valence-corrected chi connectivity index (χ1v) is 17.3. The second-order valence-corrected chi connectivity index (χ2v) is 14.9. The summed E-state index contributed by atoms with van der Waals surface area (Å²) in [6.07, 6.45) is -4.79. The number of hydrogen-bond donors (Lipinski definition) is 2. The molecule has 2 aromatic carbocycles. The smallest absolute Gasteiger partial charge is 0.338 e. The lowest BCUT2D eigenvalue weighted by molar-refractivity contribution is -0.346. The Morgan fingerprint density at radius 2 is 1.54 bits per heavy atom. The molecule has 9 unspecified atom stereocenters. The highest BCUT2D eigenvalue weighted by Crippen LogP contribution is 2.64. The second-order valence-electron chi connectivity index (χ2n) is 14.9. The molecule has 2 N–H and O–H groups in total. The summed E-state index contributed by atoms with van der Waals surface area (Å²) in [6.45, 7) is 8.38. The standard InChI is InChI=1S/C40H44O12/c1-22-27(43)20-40(47)35(51-36(46)26-15-11-8-12-16-26)33-38(6,34(45)32(49-23(2)41)31(22)37(40,4)5)28(19-29-39(33,21-48-29)52-24(3)42)50-30(44)18-17-25-13-9-7-10-14-25/h7-18,27-29,32-33,35,43,47H,19-21H2,1-6H3. The van der Waals surface area contributed by atoms with E-state index in [1.54, 1.807) is 69.3 Å². The Labute approximate surface area is 301 Å². The molecule has 3 aliphatic carbocycles. The average molecular weight is 717 g/mol. The Bertz CT molecular complexity index is 1830. The third-order valence-corrected chi connectivity index (χ3v) is 11.6. The van der Waals surface area contributed by atoms with Crippen LogP contribution >= 0.6 is 0 Å². The zero-order chi connectivity index (χ0) is 37.8. The quantitative estimate of drug-likeness (QED) is 0.184. The number of ether oxygens (including phenoxy) is 5. The second kappa shape index (κ2) is 13.4. The predicted molar refractivity (Wildman–Crippen MR) is 184 cm³/mol. The first kappa shape index (κ1) is 37.1. The highest BCUT2D eigenvalue weighted by molar-refractivity contribution is 5.96. The summed E-state index contributed by atoms with van der Waals surface area (Å²) in [4.78, 5) is 68.8. The van der Waals surface area contributed by atoms with Crippen molar-refractivity contribution in [3.8, 4) is 0 Å². The molecule has 1 aliphatic heterocycles. The maximum atomic E-state index is 15.5. The zero-order valence-electron chi connectivity index (χ0n) is 30.0. The van der Waals surface area contributed by atoms with Crippen molar-refractivity contribution in [3.63, 3.8) is 0 Å². The van der Waals surface area contributed by atoms with Crippen molar-refractivity contribution in [2.45, 2.75) is 96.1 Å². The van der Waals surface area contributed by atoms with Crippen molar-refractivity contribution in [1.82, 2.24) is 0 Å². The van der Waals surface area contributed by atoms with Crippen molar-refractivity contribution in [3.05, 3.63) is 89.0 Å². The molecule has 0 spiro atoms. The summed E-state index contributed by atoms with van der Waals surface area (Å²) in [5.74, 6) is -5.43. The van der Waals surface area contributed by atoms with Gasteiger partial charge in [0.1, 0.15) is 23.9 Å². The van der Waals surface area contributed by atoms with Gasteiger partial charge in [0.2, 0.25) is 0 Å². The Hall–Kier alpha value is -4.65. The van der Waals surface area contributed by atoms with Gasteiger partial charge in [0.15, 0.2) is 17.5 Å². The molecule has 276 valence electrons. The van der Waals surface area contributed by atoms with E-state index in [1.807, 2.05) is 6.07 Å². The van der Waals surface area contributed by atoms with Crippen LogP contribution in [0.5, 0.6) is 0 Å². The minimum absolute atomic E-state index is 0.122. The molecule has 9 atom stereocenters. The molecule has 52 heavy (non-hydrogen) atoms. The maximum Gasteiger partial charge on any atom is 0.338 e. The van der Waals surface area contributed by atoms with Crippen LogP contribution in [0.4, 0.5) is 0 Å². The van der Waals surface area contributed by atoms with E-state index in [4.69, 9.17) is 23.7 Å². The van der Waals surface area contributed by atoms with Crippen LogP contribution in [0.1, 0.15) is 70.3 Å². The van der Waals surface area contributed by atoms with Gasteiger partial charge in [0, 0.05) is 38.2 Å². The van der Waals surface area contributed by atoms with E-state index in [-0.39, 0.29) is 30.6 Å². The summed E-state index contributed by atoms with van der Waals surface area (Å²) in [6, 6.07) is 17.0. The van der Waals surface area contributed by atoms with Gasteiger partial charge in [-0.1, -0.05) is 62.4 Å². The van der Waals surface area contributed by atoms with Crippen LogP contribution in [0, 0.1) is 16.7 Å². The molecule has 0 amide bonds. The van der Waals surface area contributed by atoms with Crippen molar-refractivity contribution < 1.29 is 57.9 Å². The Morgan fingerprint density at radius 1 is 0.904 bits per heavy atom. The highest BCUT2D eigenvalue weighted by Gasteiger charge is 2.79. The SMILES string of the molecule is CC(=O)OC1C(=O)C2(C)C(OC(=O)C=Cc3ccccc3)CC3OCC3(OC(C)=O)C2C(OC(=O)c2ccccc2)C2(O)CC(O)C(C)=C1C2(C)C. The molecule has 4 aliphatic rings. The molecule has 1 saturated heterocycles. The van der Waals surface area contributed by atoms with Gasteiger partial charge in [-0.25, -0.2) is 9.59 Å². The number of fused-ring (bicyclic) bond motifs is 5. The predicted octanol–water partition coefficient (Wildman–Crippen LogP) is 3.92. The summed E-state index contributed by atoms with van der Waals surface area (Å²) in [5, 5.41) is 24.7. The number of aliphatic hydroxyl groups excluding tert-OH is 1. The summed E-state index contributed by atoms with van der Waals surface area (Å²) in [7, 11) is 0. The Kier molecular flexibility index (Phi) is 9.56. The van der Waals surface area contributed by atoms with E-state index >= 15 is 4.79 Å². The fourth-order valence-corrected chi connectivity index (χ4v) is 8.96. The van der Waals surface area contributed by atoms with E-state index in [9.17, 15) is 29.4 Å². The number of Topliss-reactive ketones (excluding diaryl/α,β-unsaturated/α-hetero) is 1. The van der Waals surface area contributed by atoms with Crippen LogP contribution in [0.3, 0.4) is 0 Å². The minimum atomic E-state index is -2.19. The first-order valence-electron chi connectivity index (χ1n) is 17.3. The van der Waals surface area contributed by atoms with Crippen LogP contribution in [-0.4, -0.2) is 88.2 Å². The number of carbonyl (C=O) groups is 5. The Balaban J connectivity index is 1.61. The van der Waals surface area contributed by atoms with E-state index in [2.05, 4.69) is 0 Å².